The summed E-state index contributed by atoms with van der Waals surface area (Å²) in [6.45, 7) is 0. The minimum Gasteiger partial charge on any atom is -0.314 e. The quantitative estimate of drug-likeness (QED) is 0.653. The molecule has 0 radical (unpaired) electrons. The Morgan fingerprint density at radius 3 is 2.45 bits per heavy atom. The predicted octanol–water partition coefficient (Wildman–Crippen LogP) is 2.32. The number of hydrogen-bond acceptors (Lipinski definition) is 1. The molecule has 0 aliphatic heterocycles. The van der Waals surface area contributed by atoms with Crippen LogP contribution in [0.5, 0.6) is 0 Å². The summed E-state index contributed by atoms with van der Waals surface area (Å²) < 4.78 is 0. The zero-order chi connectivity index (χ0) is 7.73. The summed E-state index contributed by atoms with van der Waals surface area (Å²) in [6, 6.07) is 0. The van der Waals surface area contributed by atoms with Gasteiger partial charge in [0.25, 0.3) is 0 Å². The minimum atomic E-state index is 0.607. The molecule has 2 saturated carbocycles. The van der Waals surface area contributed by atoms with Crippen LogP contribution >= 0.6 is 0 Å². The summed E-state index contributed by atoms with van der Waals surface area (Å²) in [6.07, 6.45) is 10.3. The molecule has 1 N–H and O–H groups in total. The lowest BCUT2D eigenvalue weighted by molar-refractivity contribution is 0.273. The van der Waals surface area contributed by atoms with Crippen LogP contribution in [0.3, 0.4) is 0 Å². The van der Waals surface area contributed by atoms with Gasteiger partial charge in [-0.2, -0.15) is 0 Å². The highest BCUT2D eigenvalue weighted by Gasteiger charge is 2.40. The van der Waals surface area contributed by atoms with Crippen molar-refractivity contribution in [1.82, 2.24) is 5.32 Å². The fraction of sp³-hybridized carbons (Fsp3) is 1.00. The summed E-state index contributed by atoms with van der Waals surface area (Å²) in [5.41, 5.74) is 0.607. The summed E-state index contributed by atoms with van der Waals surface area (Å²) in [5.74, 6) is 1.10. The van der Waals surface area contributed by atoms with Crippen LogP contribution in [0, 0.1) is 5.92 Å². The van der Waals surface area contributed by atoms with Crippen LogP contribution in [-0.2, 0) is 0 Å². The van der Waals surface area contributed by atoms with Gasteiger partial charge < -0.3 is 5.32 Å². The van der Waals surface area contributed by atoms with E-state index in [9.17, 15) is 0 Å². The Kier molecular flexibility index (Phi) is 1.92. The molecule has 0 amide bonds. The Labute approximate surface area is 69.6 Å². The van der Waals surface area contributed by atoms with E-state index < -0.39 is 0 Å². The fourth-order valence-electron chi connectivity index (χ4n) is 2.04. The van der Waals surface area contributed by atoms with Crippen LogP contribution in [0.15, 0.2) is 0 Å². The summed E-state index contributed by atoms with van der Waals surface area (Å²) >= 11 is 0. The van der Waals surface area contributed by atoms with Crippen molar-refractivity contribution < 1.29 is 0 Å². The maximum atomic E-state index is 3.46. The SMILES string of the molecule is CNC1(CCC2CCC2)CC1. The van der Waals surface area contributed by atoms with Crippen LogP contribution in [0.4, 0.5) is 0 Å². The predicted molar refractivity (Wildman–Crippen MR) is 47.6 cm³/mol. The maximum absolute atomic E-state index is 3.46. The van der Waals surface area contributed by atoms with E-state index in [0.717, 1.165) is 5.92 Å². The Hall–Kier alpha value is -0.0400. The van der Waals surface area contributed by atoms with Gasteiger partial charge in [0.15, 0.2) is 0 Å². The van der Waals surface area contributed by atoms with Crippen molar-refractivity contribution in [3.63, 3.8) is 0 Å². The van der Waals surface area contributed by atoms with E-state index >= 15 is 0 Å². The van der Waals surface area contributed by atoms with Crippen molar-refractivity contribution in [3.05, 3.63) is 0 Å². The van der Waals surface area contributed by atoms with Gasteiger partial charge in [0, 0.05) is 5.54 Å². The maximum Gasteiger partial charge on any atom is 0.0180 e. The third-order valence-corrected chi connectivity index (χ3v) is 3.64. The van der Waals surface area contributed by atoms with E-state index in [2.05, 4.69) is 12.4 Å². The molecule has 1 nitrogen and oxygen atoms in total. The number of hydrogen-bond donors (Lipinski definition) is 1. The summed E-state index contributed by atoms with van der Waals surface area (Å²) in [4.78, 5) is 0. The second-order valence-electron chi connectivity index (χ2n) is 4.37. The molecular weight excluding hydrogens is 134 g/mol. The average Bonchev–Trinajstić information content (AvgIpc) is 2.66. The lowest BCUT2D eigenvalue weighted by Crippen LogP contribution is -2.28. The van der Waals surface area contributed by atoms with Crippen molar-refractivity contribution in [1.29, 1.82) is 0 Å². The molecule has 1 heteroatoms. The number of nitrogens with one attached hydrogen (secondary N) is 1. The highest BCUT2D eigenvalue weighted by molar-refractivity contribution is 5.01. The highest BCUT2D eigenvalue weighted by atomic mass is 15.0. The summed E-state index contributed by atoms with van der Waals surface area (Å²) in [5, 5.41) is 3.46. The molecule has 11 heavy (non-hydrogen) atoms. The normalized spacial score (nSPS) is 28.1. The second-order valence-corrected chi connectivity index (χ2v) is 4.37. The molecule has 0 saturated heterocycles. The van der Waals surface area contributed by atoms with Crippen molar-refractivity contribution in [2.24, 2.45) is 5.92 Å². The van der Waals surface area contributed by atoms with Gasteiger partial charge in [0.2, 0.25) is 0 Å². The van der Waals surface area contributed by atoms with E-state index in [0.29, 0.717) is 5.54 Å². The zero-order valence-electron chi connectivity index (χ0n) is 7.53. The van der Waals surface area contributed by atoms with E-state index in [4.69, 9.17) is 0 Å². The molecular formula is C10H19N. The van der Waals surface area contributed by atoms with Crippen LogP contribution in [-0.4, -0.2) is 12.6 Å². The first-order chi connectivity index (χ1) is 5.35. The standard InChI is InChI=1S/C10H19N/c1-11-10(7-8-10)6-5-9-3-2-4-9/h9,11H,2-8H2,1H3. The molecule has 2 aliphatic rings. The van der Waals surface area contributed by atoms with Gasteiger partial charge >= 0.3 is 0 Å². The van der Waals surface area contributed by atoms with Crippen molar-refractivity contribution in [3.8, 4) is 0 Å². The molecule has 0 bridgehead atoms. The first-order valence-corrected chi connectivity index (χ1v) is 5.04. The Balaban J connectivity index is 1.65. The first-order valence-electron chi connectivity index (χ1n) is 5.04. The topological polar surface area (TPSA) is 12.0 Å². The van der Waals surface area contributed by atoms with E-state index in [1.165, 1.54) is 44.9 Å². The molecule has 0 unspecified atom stereocenters. The van der Waals surface area contributed by atoms with Crippen molar-refractivity contribution in [2.45, 2.75) is 50.5 Å². The second kappa shape index (κ2) is 2.78. The van der Waals surface area contributed by atoms with Gasteiger partial charge in [-0.25, -0.2) is 0 Å². The third kappa shape index (κ3) is 1.58. The Bertz CT molecular complexity index is 134. The largest absolute Gasteiger partial charge is 0.314 e. The van der Waals surface area contributed by atoms with E-state index in [-0.39, 0.29) is 0 Å². The molecule has 2 fully saturated rings. The first kappa shape index (κ1) is 7.60. The van der Waals surface area contributed by atoms with Crippen LogP contribution in [0.25, 0.3) is 0 Å². The van der Waals surface area contributed by atoms with Crippen LogP contribution in [0.2, 0.25) is 0 Å². The molecule has 0 atom stereocenters. The van der Waals surface area contributed by atoms with Crippen molar-refractivity contribution in [2.75, 3.05) is 7.05 Å². The van der Waals surface area contributed by atoms with E-state index in [1.54, 1.807) is 0 Å². The molecule has 0 spiro atoms. The zero-order valence-corrected chi connectivity index (χ0v) is 7.53. The van der Waals surface area contributed by atoms with E-state index in [1.807, 2.05) is 0 Å². The van der Waals surface area contributed by atoms with Gasteiger partial charge in [-0.1, -0.05) is 19.3 Å². The van der Waals surface area contributed by atoms with Crippen LogP contribution < -0.4 is 5.32 Å². The minimum absolute atomic E-state index is 0.607. The van der Waals surface area contributed by atoms with Crippen LogP contribution in [0.1, 0.15) is 44.9 Å². The summed E-state index contributed by atoms with van der Waals surface area (Å²) in [7, 11) is 2.12. The molecule has 0 heterocycles. The van der Waals surface area contributed by atoms with Gasteiger partial charge in [-0.05, 0) is 38.6 Å². The molecule has 0 aromatic rings. The lowest BCUT2D eigenvalue weighted by Gasteiger charge is -2.27. The lowest BCUT2D eigenvalue weighted by atomic mass is 9.81. The smallest absolute Gasteiger partial charge is 0.0180 e. The number of rotatable bonds is 4. The van der Waals surface area contributed by atoms with Gasteiger partial charge in [0.05, 0.1) is 0 Å². The molecule has 2 rings (SSSR count). The highest BCUT2D eigenvalue weighted by Crippen LogP contribution is 2.42. The third-order valence-electron chi connectivity index (χ3n) is 3.64. The molecule has 0 aromatic heterocycles. The van der Waals surface area contributed by atoms with Gasteiger partial charge in [-0.15, -0.1) is 0 Å². The Morgan fingerprint density at radius 1 is 1.36 bits per heavy atom. The average molecular weight is 153 g/mol. The monoisotopic (exact) mass is 153 g/mol. The fourth-order valence-corrected chi connectivity index (χ4v) is 2.04. The molecule has 0 aromatic carbocycles. The molecule has 64 valence electrons. The molecule has 2 aliphatic carbocycles. The van der Waals surface area contributed by atoms with Gasteiger partial charge in [-0.3, -0.25) is 0 Å². The van der Waals surface area contributed by atoms with Crippen molar-refractivity contribution >= 4 is 0 Å². The van der Waals surface area contributed by atoms with Gasteiger partial charge in [0.1, 0.15) is 0 Å². The Morgan fingerprint density at radius 2 is 2.09 bits per heavy atom.